The second-order valence-corrected chi connectivity index (χ2v) is 7.24. The predicted molar refractivity (Wildman–Crippen MR) is 106 cm³/mol. The van der Waals surface area contributed by atoms with Gasteiger partial charge in [0.2, 0.25) is 0 Å². The van der Waals surface area contributed by atoms with Crippen molar-refractivity contribution in [2.75, 3.05) is 31.5 Å². The summed E-state index contributed by atoms with van der Waals surface area (Å²) in [6.45, 7) is 3.19. The van der Waals surface area contributed by atoms with Gasteiger partial charge < -0.3 is 10.2 Å². The van der Waals surface area contributed by atoms with Crippen LogP contribution < -0.4 is 5.32 Å². The van der Waals surface area contributed by atoms with E-state index in [9.17, 15) is 8.78 Å². The zero-order valence-corrected chi connectivity index (χ0v) is 16.1. The van der Waals surface area contributed by atoms with Gasteiger partial charge in [-0.15, -0.1) is 0 Å². The Kier molecular flexibility index (Phi) is 6.29. The summed E-state index contributed by atoms with van der Waals surface area (Å²) in [6.07, 6.45) is 0. The average Bonchev–Trinajstić information content (AvgIpc) is 2.63. The second-order valence-electron chi connectivity index (χ2n) is 6.04. The van der Waals surface area contributed by atoms with Gasteiger partial charge in [0.1, 0.15) is 0 Å². The van der Waals surface area contributed by atoms with Crippen LogP contribution in [0.1, 0.15) is 5.56 Å². The highest BCUT2D eigenvalue weighted by atomic mass is 35.5. The normalized spacial score (nSPS) is 15.2. The number of anilines is 1. The Hall–Kier alpha value is -1.47. The van der Waals surface area contributed by atoms with Crippen molar-refractivity contribution < 1.29 is 8.78 Å². The maximum absolute atomic E-state index is 13.8. The SMILES string of the molecule is Fc1cccc(CN2CCN(C(=S)Nc3ccc(Cl)c(Cl)c3)CC2)c1F. The first-order chi connectivity index (χ1) is 12.4. The fourth-order valence-corrected chi connectivity index (χ4v) is 3.40. The number of nitrogens with zero attached hydrogens (tertiary/aromatic N) is 2. The molecule has 0 radical (unpaired) electrons. The minimum absolute atomic E-state index is 0.370. The molecule has 1 heterocycles. The molecular formula is C18H17Cl2F2N3S. The van der Waals surface area contributed by atoms with Gasteiger partial charge in [0.25, 0.3) is 0 Å². The van der Waals surface area contributed by atoms with Gasteiger partial charge in [-0.2, -0.15) is 0 Å². The summed E-state index contributed by atoms with van der Waals surface area (Å²) in [6, 6.07) is 9.51. The maximum atomic E-state index is 13.8. The molecule has 1 fully saturated rings. The Balaban J connectivity index is 1.53. The molecule has 0 aliphatic carbocycles. The molecule has 0 amide bonds. The van der Waals surface area contributed by atoms with E-state index in [1.165, 1.54) is 6.07 Å². The molecule has 3 nitrogen and oxygen atoms in total. The van der Waals surface area contributed by atoms with Crippen molar-refractivity contribution in [1.82, 2.24) is 9.80 Å². The number of piperazine rings is 1. The van der Waals surface area contributed by atoms with Crippen molar-refractivity contribution in [3.8, 4) is 0 Å². The fourth-order valence-electron chi connectivity index (χ4n) is 2.80. The molecule has 8 heteroatoms. The average molecular weight is 416 g/mol. The lowest BCUT2D eigenvalue weighted by atomic mass is 10.2. The van der Waals surface area contributed by atoms with Gasteiger partial charge in [-0.1, -0.05) is 35.3 Å². The molecule has 1 aliphatic heterocycles. The Morgan fingerprint density at radius 1 is 1.04 bits per heavy atom. The Bertz CT molecular complexity index is 811. The van der Waals surface area contributed by atoms with Crippen LogP contribution in [0.2, 0.25) is 10.0 Å². The van der Waals surface area contributed by atoms with Crippen LogP contribution in [0.15, 0.2) is 36.4 Å². The zero-order chi connectivity index (χ0) is 18.7. The third-order valence-electron chi connectivity index (χ3n) is 4.26. The topological polar surface area (TPSA) is 18.5 Å². The molecule has 26 heavy (non-hydrogen) atoms. The molecule has 3 rings (SSSR count). The quantitative estimate of drug-likeness (QED) is 0.726. The minimum Gasteiger partial charge on any atom is -0.346 e. The van der Waals surface area contributed by atoms with E-state index < -0.39 is 11.6 Å². The molecule has 0 saturated carbocycles. The zero-order valence-electron chi connectivity index (χ0n) is 13.8. The second kappa shape index (κ2) is 8.48. The first-order valence-corrected chi connectivity index (χ1v) is 9.26. The lowest BCUT2D eigenvalue weighted by Gasteiger charge is -2.36. The number of nitrogens with one attached hydrogen (secondary N) is 1. The van der Waals surface area contributed by atoms with Crippen molar-refractivity contribution in [1.29, 1.82) is 0 Å². The van der Waals surface area contributed by atoms with Crippen LogP contribution in [0.5, 0.6) is 0 Å². The molecule has 0 unspecified atom stereocenters. The van der Waals surface area contributed by atoms with E-state index in [1.807, 2.05) is 11.0 Å². The van der Waals surface area contributed by atoms with Crippen LogP contribution in [-0.2, 0) is 6.54 Å². The lowest BCUT2D eigenvalue weighted by Crippen LogP contribution is -2.49. The van der Waals surface area contributed by atoms with Crippen molar-refractivity contribution in [2.24, 2.45) is 0 Å². The van der Waals surface area contributed by atoms with E-state index in [2.05, 4.69) is 10.2 Å². The van der Waals surface area contributed by atoms with Crippen molar-refractivity contribution in [2.45, 2.75) is 6.54 Å². The van der Waals surface area contributed by atoms with Crippen molar-refractivity contribution >= 4 is 46.2 Å². The molecule has 1 N–H and O–H groups in total. The Labute approximate surface area is 166 Å². The summed E-state index contributed by atoms with van der Waals surface area (Å²) < 4.78 is 27.1. The van der Waals surface area contributed by atoms with Crippen LogP contribution >= 0.6 is 35.4 Å². The van der Waals surface area contributed by atoms with Gasteiger partial charge >= 0.3 is 0 Å². The van der Waals surface area contributed by atoms with E-state index in [4.69, 9.17) is 35.4 Å². The van der Waals surface area contributed by atoms with E-state index in [-0.39, 0.29) is 0 Å². The number of thiocarbonyl (C=S) groups is 1. The highest BCUT2D eigenvalue weighted by Crippen LogP contribution is 2.25. The van der Waals surface area contributed by atoms with Crippen LogP contribution in [-0.4, -0.2) is 41.1 Å². The van der Waals surface area contributed by atoms with Crippen LogP contribution in [0.25, 0.3) is 0 Å². The van der Waals surface area contributed by atoms with E-state index in [0.29, 0.717) is 53.4 Å². The highest BCUT2D eigenvalue weighted by Gasteiger charge is 2.20. The third-order valence-corrected chi connectivity index (χ3v) is 5.36. The summed E-state index contributed by atoms with van der Waals surface area (Å²) in [5.74, 6) is -1.58. The molecule has 2 aromatic carbocycles. The summed E-state index contributed by atoms with van der Waals surface area (Å²) >= 11 is 17.4. The molecule has 1 saturated heterocycles. The number of benzene rings is 2. The van der Waals surface area contributed by atoms with E-state index in [1.54, 1.807) is 18.2 Å². The molecule has 1 aliphatic rings. The van der Waals surface area contributed by atoms with Gasteiger partial charge in [0.05, 0.1) is 10.0 Å². The highest BCUT2D eigenvalue weighted by molar-refractivity contribution is 7.80. The standard InChI is InChI=1S/C18H17Cl2F2N3S/c19-14-5-4-13(10-15(14)20)23-18(26)25-8-6-24(7-9-25)11-12-2-1-3-16(21)17(12)22/h1-5,10H,6-9,11H2,(H,23,26). The lowest BCUT2D eigenvalue weighted by molar-refractivity contribution is 0.175. The number of hydrogen-bond acceptors (Lipinski definition) is 2. The molecule has 0 spiro atoms. The predicted octanol–water partition coefficient (Wildman–Crippen LogP) is 4.79. The van der Waals surface area contributed by atoms with Crippen molar-refractivity contribution in [3.63, 3.8) is 0 Å². The number of hydrogen-bond donors (Lipinski definition) is 1. The number of rotatable bonds is 3. The largest absolute Gasteiger partial charge is 0.346 e. The molecule has 0 atom stereocenters. The smallest absolute Gasteiger partial charge is 0.173 e. The molecule has 0 aromatic heterocycles. The molecule has 138 valence electrons. The molecule has 2 aromatic rings. The van der Waals surface area contributed by atoms with Crippen LogP contribution in [0.3, 0.4) is 0 Å². The van der Waals surface area contributed by atoms with Crippen LogP contribution in [0.4, 0.5) is 14.5 Å². The monoisotopic (exact) mass is 415 g/mol. The Morgan fingerprint density at radius 2 is 1.77 bits per heavy atom. The van der Waals surface area contributed by atoms with Gasteiger partial charge in [-0.25, -0.2) is 8.78 Å². The minimum atomic E-state index is -0.812. The maximum Gasteiger partial charge on any atom is 0.173 e. The molecule has 0 bridgehead atoms. The van der Waals surface area contributed by atoms with E-state index >= 15 is 0 Å². The van der Waals surface area contributed by atoms with Gasteiger partial charge in [-0.05, 0) is 36.5 Å². The summed E-state index contributed by atoms with van der Waals surface area (Å²) in [4.78, 5) is 4.12. The third kappa shape index (κ3) is 4.62. The summed E-state index contributed by atoms with van der Waals surface area (Å²) in [5.41, 5.74) is 1.14. The fraction of sp³-hybridized carbons (Fsp3) is 0.278. The Morgan fingerprint density at radius 3 is 2.46 bits per heavy atom. The van der Waals surface area contributed by atoms with E-state index in [0.717, 1.165) is 11.8 Å². The summed E-state index contributed by atoms with van der Waals surface area (Å²) in [7, 11) is 0. The van der Waals surface area contributed by atoms with Gasteiger partial charge in [0.15, 0.2) is 16.7 Å². The van der Waals surface area contributed by atoms with Crippen LogP contribution in [0, 0.1) is 11.6 Å². The molecular weight excluding hydrogens is 399 g/mol. The first kappa shape index (κ1) is 19.3. The van der Waals surface area contributed by atoms with Crippen molar-refractivity contribution in [3.05, 3.63) is 63.6 Å². The number of halogens is 4. The summed E-state index contributed by atoms with van der Waals surface area (Å²) in [5, 5.41) is 4.69. The first-order valence-electron chi connectivity index (χ1n) is 8.10. The van der Waals surface area contributed by atoms with Gasteiger partial charge in [-0.3, -0.25) is 4.90 Å². The van der Waals surface area contributed by atoms with Gasteiger partial charge in [0, 0.05) is 44.0 Å².